The molecule has 0 N–H and O–H groups in total. The fraction of sp³-hybridized carbons (Fsp3) is 0.579. The van der Waals surface area contributed by atoms with E-state index >= 15 is 0 Å². The van der Waals surface area contributed by atoms with Crippen LogP contribution in [0.25, 0.3) is 5.82 Å². The van der Waals surface area contributed by atoms with Crippen LogP contribution in [0.1, 0.15) is 53.7 Å². The van der Waals surface area contributed by atoms with E-state index < -0.39 is 0 Å². The van der Waals surface area contributed by atoms with Crippen molar-refractivity contribution in [3.63, 3.8) is 0 Å². The Morgan fingerprint density at radius 3 is 2.79 bits per heavy atom. The second kappa shape index (κ2) is 6.93. The second-order valence-corrected chi connectivity index (χ2v) is 6.99. The number of hydrogen-bond acceptors (Lipinski definition) is 4. The molecule has 130 valence electrons. The summed E-state index contributed by atoms with van der Waals surface area (Å²) in [6.45, 7) is 10.7. The van der Waals surface area contributed by atoms with E-state index in [1.165, 1.54) is 19.3 Å². The second-order valence-electron chi connectivity index (χ2n) is 6.99. The maximum atomic E-state index is 12.8. The Kier molecular flexibility index (Phi) is 4.90. The summed E-state index contributed by atoms with van der Waals surface area (Å²) < 4.78 is 7.18. The van der Waals surface area contributed by atoms with Crippen LogP contribution < -0.4 is 0 Å². The van der Waals surface area contributed by atoms with Crippen LogP contribution in [-0.2, 0) is 0 Å². The molecule has 0 saturated carbocycles. The van der Waals surface area contributed by atoms with Gasteiger partial charge >= 0.3 is 0 Å². The minimum Gasteiger partial charge on any atom is -0.360 e. The van der Waals surface area contributed by atoms with Crippen molar-refractivity contribution in [2.75, 3.05) is 19.6 Å². The maximum absolute atomic E-state index is 12.8. The normalized spacial score (nSPS) is 18.9. The molecule has 1 atom stereocenters. The van der Waals surface area contributed by atoms with Crippen LogP contribution in [0.2, 0.25) is 0 Å². The molecule has 3 heterocycles. The van der Waals surface area contributed by atoms with Gasteiger partial charge in [0, 0.05) is 29.6 Å². The molecule has 5 nitrogen and oxygen atoms in total. The predicted molar refractivity (Wildman–Crippen MR) is 93.8 cm³/mol. The summed E-state index contributed by atoms with van der Waals surface area (Å²) in [5.41, 5.74) is 2.75. The lowest BCUT2D eigenvalue weighted by Gasteiger charge is -2.31. The molecule has 1 saturated heterocycles. The van der Waals surface area contributed by atoms with Crippen molar-refractivity contribution in [1.29, 1.82) is 0 Å². The van der Waals surface area contributed by atoms with E-state index in [9.17, 15) is 4.79 Å². The van der Waals surface area contributed by atoms with Gasteiger partial charge in [-0.15, -0.1) is 0 Å². The summed E-state index contributed by atoms with van der Waals surface area (Å²) in [7, 11) is 0. The van der Waals surface area contributed by atoms with Crippen molar-refractivity contribution in [3.05, 3.63) is 34.8 Å². The Morgan fingerprint density at radius 1 is 1.33 bits per heavy atom. The molecule has 1 aliphatic heterocycles. The first-order valence-corrected chi connectivity index (χ1v) is 8.87. The van der Waals surface area contributed by atoms with E-state index in [4.69, 9.17) is 4.52 Å². The van der Waals surface area contributed by atoms with Crippen molar-refractivity contribution >= 4 is 5.78 Å². The van der Waals surface area contributed by atoms with Gasteiger partial charge < -0.3 is 4.52 Å². The predicted octanol–water partition coefficient (Wildman–Crippen LogP) is 3.70. The first kappa shape index (κ1) is 17.0. The van der Waals surface area contributed by atoms with Gasteiger partial charge in [-0.2, -0.15) is 0 Å². The summed E-state index contributed by atoms with van der Waals surface area (Å²) in [6.07, 6.45) is 3.69. The quantitative estimate of drug-likeness (QED) is 0.785. The molecule has 24 heavy (non-hydrogen) atoms. The van der Waals surface area contributed by atoms with Gasteiger partial charge in [0.25, 0.3) is 0 Å². The summed E-state index contributed by atoms with van der Waals surface area (Å²) in [5.74, 6) is 2.44. The van der Waals surface area contributed by atoms with Gasteiger partial charge in [-0.3, -0.25) is 14.3 Å². The van der Waals surface area contributed by atoms with Crippen LogP contribution in [-0.4, -0.2) is 40.0 Å². The average Bonchev–Trinajstić information content (AvgIpc) is 3.10. The van der Waals surface area contributed by atoms with Gasteiger partial charge in [0.05, 0.1) is 6.54 Å². The summed E-state index contributed by atoms with van der Waals surface area (Å²) in [4.78, 5) is 15.1. The zero-order chi connectivity index (χ0) is 17.3. The van der Waals surface area contributed by atoms with Gasteiger partial charge in [0.15, 0.2) is 11.6 Å². The number of likely N-dealkylation sites (tertiary alicyclic amines) is 1. The first-order chi connectivity index (χ1) is 11.5. The number of hydrogen-bond donors (Lipinski definition) is 0. The maximum Gasteiger partial charge on any atom is 0.180 e. The van der Waals surface area contributed by atoms with Crippen LogP contribution in [0.4, 0.5) is 0 Å². The third kappa shape index (κ3) is 3.31. The molecule has 1 aliphatic rings. The largest absolute Gasteiger partial charge is 0.360 e. The number of ketones is 1. The van der Waals surface area contributed by atoms with Gasteiger partial charge in [-0.1, -0.05) is 18.5 Å². The van der Waals surface area contributed by atoms with Crippen molar-refractivity contribution < 1.29 is 9.32 Å². The highest BCUT2D eigenvalue weighted by Crippen LogP contribution is 2.23. The minimum absolute atomic E-state index is 0.200. The van der Waals surface area contributed by atoms with Crippen LogP contribution in [0.15, 0.2) is 16.7 Å². The molecule has 3 rings (SSSR count). The Morgan fingerprint density at radius 2 is 2.12 bits per heavy atom. The van der Waals surface area contributed by atoms with Crippen molar-refractivity contribution in [3.8, 4) is 5.82 Å². The highest BCUT2D eigenvalue weighted by atomic mass is 16.5. The lowest BCUT2D eigenvalue weighted by atomic mass is 9.95. The molecule has 5 heteroatoms. The summed E-state index contributed by atoms with van der Waals surface area (Å²) >= 11 is 0. The van der Waals surface area contributed by atoms with Crippen molar-refractivity contribution in [1.82, 2.24) is 14.6 Å². The van der Waals surface area contributed by atoms with E-state index in [2.05, 4.69) is 17.0 Å². The summed E-state index contributed by atoms with van der Waals surface area (Å²) in [5, 5.41) is 4.08. The molecule has 1 unspecified atom stereocenters. The smallest absolute Gasteiger partial charge is 0.180 e. The Labute approximate surface area is 143 Å². The van der Waals surface area contributed by atoms with Gasteiger partial charge in [0.1, 0.15) is 5.76 Å². The Balaban J connectivity index is 1.78. The number of aryl methyl sites for hydroxylation is 2. The number of Topliss-reactive ketones (excluding diaryl/α,β-unsaturated/α-hetero) is 1. The molecule has 0 radical (unpaired) electrons. The average molecular weight is 329 g/mol. The van der Waals surface area contributed by atoms with E-state index in [1.807, 2.05) is 37.5 Å². The van der Waals surface area contributed by atoms with Crippen molar-refractivity contribution in [2.24, 2.45) is 5.92 Å². The number of carbonyl (C=O) groups is 1. The lowest BCUT2D eigenvalue weighted by Crippen LogP contribution is -2.38. The molecule has 2 aromatic heterocycles. The molecule has 0 spiro atoms. The van der Waals surface area contributed by atoms with Gasteiger partial charge in [0.2, 0.25) is 0 Å². The number of nitrogens with zero attached hydrogens (tertiary/aromatic N) is 3. The third-order valence-electron chi connectivity index (χ3n) is 5.12. The zero-order valence-electron chi connectivity index (χ0n) is 15.1. The number of aromatic nitrogens is 2. The molecular weight excluding hydrogens is 302 g/mol. The fourth-order valence-electron chi connectivity index (χ4n) is 3.77. The zero-order valence-corrected chi connectivity index (χ0v) is 15.1. The molecule has 0 aromatic carbocycles. The summed E-state index contributed by atoms with van der Waals surface area (Å²) in [6, 6.07) is 3.87. The van der Waals surface area contributed by atoms with Crippen LogP contribution >= 0.6 is 0 Å². The van der Waals surface area contributed by atoms with E-state index in [0.717, 1.165) is 47.5 Å². The highest BCUT2D eigenvalue weighted by molar-refractivity contribution is 5.99. The fourth-order valence-corrected chi connectivity index (χ4v) is 3.77. The lowest BCUT2D eigenvalue weighted by molar-refractivity contribution is 0.0884. The van der Waals surface area contributed by atoms with Crippen molar-refractivity contribution in [2.45, 2.75) is 47.0 Å². The van der Waals surface area contributed by atoms with Crippen LogP contribution in [0, 0.1) is 26.7 Å². The standard InChI is InChI=1S/C19H27N3O2/c1-5-16-7-6-8-21(11-16)12-18(23)17-9-13(2)22(15(17)4)19-10-14(3)24-20-19/h9-10,16H,5-8,11-12H2,1-4H3. The SMILES string of the molecule is CCC1CCCN(CC(=O)c2cc(C)n(-c3cc(C)on3)c2C)C1. The van der Waals surface area contributed by atoms with E-state index in [1.54, 1.807) is 0 Å². The number of piperidine rings is 1. The van der Waals surface area contributed by atoms with Gasteiger partial charge in [-0.25, -0.2) is 0 Å². The highest BCUT2D eigenvalue weighted by Gasteiger charge is 2.23. The number of carbonyl (C=O) groups excluding carboxylic acids is 1. The Hall–Kier alpha value is -1.88. The molecule has 0 amide bonds. The molecule has 0 bridgehead atoms. The van der Waals surface area contributed by atoms with Crippen LogP contribution in [0.5, 0.6) is 0 Å². The Bertz CT molecular complexity index is 729. The van der Waals surface area contributed by atoms with E-state index in [0.29, 0.717) is 6.54 Å². The van der Waals surface area contributed by atoms with E-state index in [-0.39, 0.29) is 5.78 Å². The first-order valence-electron chi connectivity index (χ1n) is 8.87. The molecule has 1 fully saturated rings. The van der Waals surface area contributed by atoms with Gasteiger partial charge in [-0.05, 0) is 52.1 Å². The molecule has 0 aliphatic carbocycles. The number of rotatable bonds is 5. The third-order valence-corrected chi connectivity index (χ3v) is 5.12. The topological polar surface area (TPSA) is 51.3 Å². The minimum atomic E-state index is 0.200. The van der Waals surface area contributed by atoms with Crippen LogP contribution in [0.3, 0.4) is 0 Å². The molecular formula is C19H27N3O2. The molecule has 2 aromatic rings. The monoisotopic (exact) mass is 329 g/mol.